The maximum absolute atomic E-state index is 10.6. The molecule has 1 aromatic carbocycles. The third kappa shape index (κ3) is 1.45. The molecule has 1 aromatic rings. The lowest BCUT2D eigenvalue weighted by Gasteiger charge is -2.16. The fourth-order valence-corrected chi connectivity index (χ4v) is 1.49. The zero-order valence-electron chi connectivity index (χ0n) is 7.13. The van der Waals surface area contributed by atoms with E-state index in [1.165, 1.54) is 5.01 Å². The standard InChI is InChI=1S/C10H10N2O/c13-8-12-10(6-7-11-12)9-4-2-1-3-5-9/h1-5,7-8,10H,6H2. The summed E-state index contributed by atoms with van der Waals surface area (Å²) in [6.45, 7) is 0. The molecule has 2 rings (SSSR count). The van der Waals surface area contributed by atoms with Gasteiger partial charge in [-0.05, 0) is 5.56 Å². The number of nitrogens with zero attached hydrogens (tertiary/aromatic N) is 2. The third-order valence-corrected chi connectivity index (χ3v) is 2.16. The molecule has 1 heterocycles. The number of carbonyl (C=O) groups excluding carboxylic acids is 1. The quantitative estimate of drug-likeness (QED) is 0.626. The van der Waals surface area contributed by atoms with Gasteiger partial charge >= 0.3 is 0 Å². The molecule has 1 unspecified atom stereocenters. The summed E-state index contributed by atoms with van der Waals surface area (Å²) in [7, 11) is 0. The number of carbonyl (C=O) groups is 1. The van der Waals surface area contributed by atoms with Crippen LogP contribution in [0.4, 0.5) is 0 Å². The Hall–Kier alpha value is -1.64. The largest absolute Gasteiger partial charge is 0.277 e. The van der Waals surface area contributed by atoms with Gasteiger partial charge in [-0.15, -0.1) is 0 Å². The summed E-state index contributed by atoms with van der Waals surface area (Å²) in [6, 6.07) is 10.0. The van der Waals surface area contributed by atoms with Crippen molar-refractivity contribution in [2.45, 2.75) is 12.5 Å². The normalized spacial score (nSPS) is 20.6. The summed E-state index contributed by atoms with van der Waals surface area (Å²) in [5.41, 5.74) is 1.13. The molecule has 1 amide bonds. The molecule has 0 aliphatic carbocycles. The fraction of sp³-hybridized carbons (Fsp3) is 0.200. The van der Waals surface area contributed by atoms with Crippen molar-refractivity contribution in [1.82, 2.24) is 5.01 Å². The van der Waals surface area contributed by atoms with Gasteiger partial charge in [-0.2, -0.15) is 5.10 Å². The number of hydrogen-bond acceptors (Lipinski definition) is 2. The molecule has 1 atom stereocenters. The summed E-state index contributed by atoms with van der Waals surface area (Å²) in [4.78, 5) is 10.6. The van der Waals surface area contributed by atoms with Crippen LogP contribution in [-0.2, 0) is 4.79 Å². The maximum Gasteiger partial charge on any atom is 0.230 e. The first-order valence-electron chi connectivity index (χ1n) is 4.23. The van der Waals surface area contributed by atoms with E-state index in [0.29, 0.717) is 0 Å². The van der Waals surface area contributed by atoms with E-state index in [4.69, 9.17) is 0 Å². The molecule has 0 radical (unpaired) electrons. The molecular weight excluding hydrogens is 164 g/mol. The van der Waals surface area contributed by atoms with Crippen LogP contribution in [0.3, 0.4) is 0 Å². The Kier molecular flexibility index (Phi) is 2.08. The molecule has 1 aliphatic heterocycles. The molecule has 13 heavy (non-hydrogen) atoms. The van der Waals surface area contributed by atoms with Crippen LogP contribution in [0, 0.1) is 0 Å². The first-order chi connectivity index (χ1) is 6.42. The smallest absolute Gasteiger partial charge is 0.230 e. The number of benzene rings is 1. The van der Waals surface area contributed by atoms with E-state index in [1.54, 1.807) is 6.21 Å². The predicted molar refractivity (Wildman–Crippen MR) is 50.2 cm³/mol. The van der Waals surface area contributed by atoms with Crippen LogP contribution in [0.5, 0.6) is 0 Å². The summed E-state index contributed by atoms with van der Waals surface area (Å²) in [5.74, 6) is 0. The fourth-order valence-electron chi connectivity index (χ4n) is 1.49. The highest BCUT2D eigenvalue weighted by Gasteiger charge is 2.21. The average molecular weight is 174 g/mol. The van der Waals surface area contributed by atoms with Gasteiger partial charge < -0.3 is 0 Å². The zero-order valence-corrected chi connectivity index (χ0v) is 7.13. The van der Waals surface area contributed by atoms with E-state index in [0.717, 1.165) is 18.4 Å². The average Bonchev–Trinajstić information content (AvgIpc) is 2.67. The molecule has 1 aliphatic rings. The summed E-state index contributed by atoms with van der Waals surface area (Å²) in [5, 5.41) is 5.41. The van der Waals surface area contributed by atoms with Gasteiger partial charge in [-0.25, -0.2) is 5.01 Å². The molecule has 0 saturated carbocycles. The van der Waals surface area contributed by atoms with Crippen molar-refractivity contribution in [2.75, 3.05) is 0 Å². The van der Waals surface area contributed by atoms with Crippen LogP contribution in [0.25, 0.3) is 0 Å². The second-order valence-corrected chi connectivity index (χ2v) is 2.95. The molecule has 3 nitrogen and oxygen atoms in total. The van der Waals surface area contributed by atoms with Gasteiger partial charge in [0.05, 0.1) is 6.04 Å². The van der Waals surface area contributed by atoms with Gasteiger partial charge in [0.2, 0.25) is 6.41 Å². The second-order valence-electron chi connectivity index (χ2n) is 2.95. The van der Waals surface area contributed by atoms with Gasteiger partial charge in [0.15, 0.2) is 0 Å². The highest BCUT2D eigenvalue weighted by atomic mass is 16.1. The topological polar surface area (TPSA) is 32.7 Å². The van der Waals surface area contributed by atoms with E-state index in [-0.39, 0.29) is 6.04 Å². The van der Waals surface area contributed by atoms with Crippen molar-refractivity contribution in [3.8, 4) is 0 Å². The first-order valence-corrected chi connectivity index (χ1v) is 4.23. The van der Waals surface area contributed by atoms with E-state index in [9.17, 15) is 4.79 Å². The van der Waals surface area contributed by atoms with E-state index >= 15 is 0 Å². The van der Waals surface area contributed by atoms with Gasteiger partial charge in [0, 0.05) is 12.6 Å². The number of hydrogen-bond donors (Lipinski definition) is 0. The lowest BCUT2D eigenvalue weighted by molar-refractivity contribution is -0.119. The van der Waals surface area contributed by atoms with E-state index < -0.39 is 0 Å². The number of rotatable bonds is 2. The van der Waals surface area contributed by atoms with Gasteiger partial charge in [-0.3, -0.25) is 4.79 Å². The Balaban J connectivity index is 2.23. The zero-order chi connectivity index (χ0) is 9.10. The van der Waals surface area contributed by atoms with Gasteiger partial charge in [0.1, 0.15) is 0 Å². The molecule has 3 heteroatoms. The second kappa shape index (κ2) is 3.39. The Bertz CT molecular complexity index is 321. The van der Waals surface area contributed by atoms with Crippen molar-refractivity contribution in [1.29, 1.82) is 0 Å². The highest BCUT2D eigenvalue weighted by molar-refractivity contribution is 5.65. The van der Waals surface area contributed by atoms with Crippen molar-refractivity contribution in [3.05, 3.63) is 35.9 Å². The van der Waals surface area contributed by atoms with Crippen molar-refractivity contribution >= 4 is 12.6 Å². The number of amides is 1. The van der Waals surface area contributed by atoms with Crippen molar-refractivity contribution in [3.63, 3.8) is 0 Å². The maximum atomic E-state index is 10.6. The van der Waals surface area contributed by atoms with Crippen LogP contribution in [0.1, 0.15) is 18.0 Å². The lowest BCUT2D eigenvalue weighted by Crippen LogP contribution is -2.17. The Morgan fingerprint density at radius 1 is 1.38 bits per heavy atom. The summed E-state index contributed by atoms with van der Waals surface area (Å²) in [6.07, 6.45) is 3.34. The minimum absolute atomic E-state index is 0.0960. The van der Waals surface area contributed by atoms with E-state index in [2.05, 4.69) is 5.10 Å². The van der Waals surface area contributed by atoms with Crippen molar-refractivity contribution in [2.24, 2.45) is 5.10 Å². The SMILES string of the molecule is O=CN1N=CCC1c1ccccc1. The van der Waals surface area contributed by atoms with E-state index in [1.807, 2.05) is 30.3 Å². The molecule has 0 N–H and O–H groups in total. The highest BCUT2D eigenvalue weighted by Crippen LogP contribution is 2.25. The number of hydrazone groups is 1. The third-order valence-electron chi connectivity index (χ3n) is 2.16. The van der Waals surface area contributed by atoms with Crippen LogP contribution in [0.15, 0.2) is 35.4 Å². The minimum atomic E-state index is 0.0960. The summed E-state index contributed by atoms with van der Waals surface area (Å²) >= 11 is 0. The Labute approximate surface area is 76.7 Å². The molecular formula is C10H10N2O. The Morgan fingerprint density at radius 2 is 2.15 bits per heavy atom. The molecule has 0 spiro atoms. The minimum Gasteiger partial charge on any atom is -0.277 e. The molecule has 0 saturated heterocycles. The first kappa shape index (κ1) is 7.98. The molecule has 66 valence electrons. The Morgan fingerprint density at radius 3 is 2.85 bits per heavy atom. The summed E-state index contributed by atoms with van der Waals surface area (Å²) < 4.78 is 0. The molecule has 0 bridgehead atoms. The van der Waals surface area contributed by atoms with Crippen LogP contribution < -0.4 is 0 Å². The lowest BCUT2D eigenvalue weighted by atomic mass is 10.1. The monoisotopic (exact) mass is 174 g/mol. The van der Waals surface area contributed by atoms with Crippen molar-refractivity contribution < 1.29 is 4.79 Å². The van der Waals surface area contributed by atoms with Crippen LogP contribution in [-0.4, -0.2) is 17.6 Å². The van der Waals surface area contributed by atoms with Crippen LogP contribution in [0.2, 0.25) is 0 Å². The molecule has 0 fully saturated rings. The van der Waals surface area contributed by atoms with Gasteiger partial charge in [0.25, 0.3) is 0 Å². The molecule has 0 aromatic heterocycles. The van der Waals surface area contributed by atoms with Gasteiger partial charge in [-0.1, -0.05) is 30.3 Å². The predicted octanol–water partition coefficient (Wildman–Crippen LogP) is 1.58. The van der Waals surface area contributed by atoms with Crippen LogP contribution >= 0.6 is 0 Å².